The molecule has 0 aliphatic carbocycles. The largest absolute Gasteiger partial charge is 0.471 e. The Bertz CT molecular complexity index is 1190. The normalized spacial score (nSPS) is 10.8. The number of amides is 1. The van der Waals surface area contributed by atoms with Crippen molar-refractivity contribution in [2.75, 3.05) is 5.32 Å². The fourth-order valence-electron chi connectivity index (χ4n) is 2.74. The van der Waals surface area contributed by atoms with Crippen molar-refractivity contribution in [3.63, 3.8) is 0 Å². The molecule has 1 amide bonds. The molecule has 0 aliphatic heterocycles. The van der Waals surface area contributed by atoms with E-state index >= 15 is 0 Å². The van der Waals surface area contributed by atoms with Gasteiger partial charge >= 0.3 is 0 Å². The second kappa shape index (κ2) is 9.20. The zero-order valence-electron chi connectivity index (χ0n) is 16.0. The molecule has 0 aliphatic rings. The molecular weight excluding hydrogens is 444 g/mol. The number of carbonyl (C=O) groups is 1. The average Bonchev–Trinajstić information content (AvgIpc) is 3.36. The third kappa shape index (κ3) is 5.42. The molecule has 0 unspecified atom stereocenters. The van der Waals surface area contributed by atoms with Gasteiger partial charge in [-0.25, -0.2) is 9.07 Å². The molecule has 2 heterocycles. The number of benzene rings is 2. The first-order valence-electron chi connectivity index (χ1n) is 9.17. The highest BCUT2D eigenvalue weighted by atomic mass is 35.5. The van der Waals surface area contributed by atoms with Crippen LogP contribution in [0.25, 0.3) is 0 Å². The summed E-state index contributed by atoms with van der Waals surface area (Å²) in [4.78, 5) is 12.5. The number of hydrogen-bond donors (Lipinski definition) is 1. The van der Waals surface area contributed by atoms with E-state index in [4.69, 9.17) is 27.9 Å². The van der Waals surface area contributed by atoms with Crippen LogP contribution in [-0.4, -0.2) is 25.5 Å². The van der Waals surface area contributed by atoms with Crippen LogP contribution in [-0.2, 0) is 13.3 Å². The van der Waals surface area contributed by atoms with E-state index in [1.54, 1.807) is 59.5 Å². The Morgan fingerprint density at radius 2 is 1.74 bits per heavy atom. The summed E-state index contributed by atoms with van der Waals surface area (Å²) in [7, 11) is 0. The van der Waals surface area contributed by atoms with Crippen LogP contribution in [0.2, 0.25) is 10.0 Å². The van der Waals surface area contributed by atoms with Gasteiger partial charge in [0.05, 0.1) is 6.54 Å². The van der Waals surface area contributed by atoms with E-state index < -0.39 is 5.91 Å². The molecule has 0 spiro atoms. The van der Waals surface area contributed by atoms with Gasteiger partial charge in [-0.3, -0.25) is 9.48 Å². The molecule has 0 bridgehead atoms. The first-order valence-corrected chi connectivity index (χ1v) is 9.92. The molecule has 0 saturated carbocycles. The number of halogens is 3. The maximum Gasteiger partial charge on any atom is 0.277 e. The van der Waals surface area contributed by atoms with Crippen LogP contribution in [0.1, 0.15) is 16.1 Å². The van der Waals surface area contributed by atoms with Gasteiger partial charge in [0, 0.05) is 17.4 Å². The van der Waals surface area contributed by atoms with E-state index in [1.165, 1.54) is 16.8 Å². The molecule has 2 aromatic carbocycles. The van der Waals surface area contributed by atoms with Crippen molar-refractivity contribution in [1.82, 2.24) is 19.6 Å². The summed E-state index contributed by atoms with van der Waals surface area (Å²) in [5.41, 5.74) is 1.03. The quantitative estimate of drug-likeness (QED) is 0.428. The number of ether oxygens (including phenoxy) is 1. The van der Waals surface area contributed by atoms with Gasteiger partial charge in [-0.15, -0.1) is 0 Å². The SMILES string of the molecule is O=C(Nc1nn(Cc2ccc(F)cc2)cc1Cl)c1ccn(COc2ccc(Cl)cc2)n1. The number of rotatable bonds is 7. The standard InChI is InChI=1S/C21H16Cl2FN5O2/c22-15-3-7-17(8-4-15)31-13-28-10-9-19(26-28)21(30)25-20-18(23)12-29(27-20)11-14-1-5-16(24)6-2-14/h1-10,12H,11,13H2,(H,25,27,30). The first-order chi connectivity index (χ1) is 15.0. The molecular formula is C21H16Cl2FN5O2. The van der Waals surface area contributed by atoms with Crippen molar-refractivity contribution in [1.29, 1.82) is 0 Å². The number of nitrogens with zero attached hydrogens (tertiary/aromatic N) is 4. The van der Waals surface area contributed by atoms with E-state index in [0.29, 0.717) is 17.3 Å². The summed E-state index contributed by atoms with van der Waals surface area (Å²) >= 11 is 12.0. The Labute approximate surface area is 187 Å². The van der Waals surface area contributed by atoms with Gasteiger partial charge in [0.25, 0.3) is 5.91 Å². The predicted octanol–water partition coefficient (Wildman–Crippen LogP) is 4.86. The van der Waals surface area contributed by atoms with Gasteiger partial charge in [-0.1, -0.05) is 35.3 Å². The van der Waals surface area contributed by atoms with Crippen LogP contribution in [0.5, 0.6) is 5.75 Å². The predicted molar refractivity (Wildman–Crippen MR) is 115 cm³/mol. The van der Waals surface area contributed by atoms with Crippen molar-refractivity contribution >= 4 is 34.9 Å². The smallest absolute Gasteiger partial charge is 0.277 e. The topological polar surface area (TPSA) is 74.0 Å². The average molecular weight is 460 g/mol. The maximum absolute atomic E-state index is 13.0. The molecule has 0 radical (unpaired) electrons. The zero-order chi connectivity index (χ0) is 21.8. The fourth-order valence-corrected chi connectivity index (χ4v) is 3.06. The van der Waals surface area contributed by atoms with Crippen molar-refractivity contribution in [3.05, 3.63) is 94.1 Å². The molecule has 0 saturated heterocycles. The highest BCUT2D eigenvalue weighted by molar-refractivity contribution is 6.33. The van der Waals surface area contributed by atoms with Crippen LogP contribution in [0.15, 0.2) is 67.0 Å². The lowest BCUT2D eigenvalue weighted by molar-refractivity contribution is 0.101. The summed E-state index contributed by atoms with van der Waals surface area (Å²) in [6, 6.07) is 14.5. The van der Waals surface area contributed by atoms with Crippen molar-refractivity contribution in [3.8, 4) is 5.75 Å². The molecule has 7 nitrogen and oxygen atoms in total. The minimum absolute atomic E-state index is 0.127. The number of hydrogen-bond acceptors (Lipinski definition) is 4. The number of carbonyl (C=O) groups excluding carboxylic acids is 1. The fraction of sp³-hybridized carbons (Fsp3) is 0.0952. The second-order valence-electron chi connectivity index (χ2n) is 6.57. The Kier molecular flexibility index (Phi) is 6.20. The van der Waals surface area contributed by atoms with Crippen molar-refractivity contribution in [2.24, 2.45) is 0 Å². The molecule has 0 atom stereocenters. The summed E-state index contributed by atoms with van der Waals surface area (Å²) < 4.78 is 21.7. The Morgan fingerprint density at radius 3 is 2.48 bits per heavy atom. The monoisotopic (exact) mass is 459 g/mol. The van der Waals surface area contributed by atoms with Crippen molar-refractivity contribution < 1.29 is 13.9 Å². The Hall–Kier alpha value is -3.36. The molecule has 1 N–H and O–H groups in total. The minimum Gasteiger partial charge on any atom is -0.471 e. The van der Waals surface area contributed by atoms with Crippen LogP contribution < -0.4 is 10.1 Å². The molecule has 4 aromatic rings. The second-order valence-corrected chi connectivity index (χ2v) is 7.42. The van der Waals surface area contributed by atoms with E-state index in [9.17, 15) is 9.18 Å². The lowest BCUT2D eigenvalue weighted by Crippen LogP contribution is -2.15. The molecule has 10 heteroatoms. The Morgan fingerprint density at radius 1 is 1.00 bits per heavy atom. The first kappa shape index (κ1) is 20.9. The van der Waals surface area contributed by atoms with Crippen LogP contribution in [0.4, 0.5) is 10.2 Å². The third-order valence-electron chi connectivity index (χ3n) is 4.26. The van der Waals surface area contributed by atoms with Crippen molar-refractivity contribution in [2.45, 2.75) is 13.3 Å². The maximum atomic E-state index is 13.0. The van der Waals surface area contributed by atoms with Gasteiger partial charge in [0.2, 0.25) is 0 Å². The highest BCUT2D eigenvalue weighted by Crippen LogP contribution is 2.21. The van der Waals surface area contributed by atoms with E-state index in [2.05, 4.69) is 15.5 Å². The van der Waals surface area contributed by atoms with Crippen LogP contribution >= 0.6 is 23.2 Å². The van der Waals surface area contributed by atoms with Gasteiger partial charge < -0.3 is 10.1 Å². The van der Waals surface area contributed by atoms with Gasteiger partial charge in [-0.2, -0.15) is 10.2 Å². The highest BCUT2D eigenvalue weighted by Gasteiger charge is 2.15. The molecule has 158 valence electrons. The zero-order valence-corrected chi connectivity index (χ0v) is 17.5. The van der Waals surface area contributed by atoms with Gasteiger partial charge in [-0.05, 0) is 48.0 Å². The number of aromatic nitrogens is 4. The van der Waals surface area contributed by atoms with E-state index in [0.717, 1.165) is 5.56 Å². The van der Waals surface area contributed by atoms with E-state index in [-0.39, 0.29) is 29.1 Å². The number of anilines is 1. The lowest BCUT2D eigenvalue weighted by atomic mass is 10.2. The molecule has 0 fully saturated rings. The van der Waals surface area contributed by atoms with E-state index in [1.807, 2.05) is 0 Å². The minimum atomic E-state index is -0.459. The summed E-state index contributed by atoms with van der Waals surface area (Å²) in [5.74, 6) is 0.0671. The molecule has 2 aromatic heterocycles. The van der Waals surface area contributed by atoms with Gasteiger partial charge in [0.1, 0.15) is 16.6 Å². The molecule has 4 rings (SSSR count). The summed E-state index contributed by atoms with van der Waals surface area (Å²) in [6.07, 6.45) is 3.21. The van der Waals surface area contributed by atoms with Gasteiger partial charge in [0.15, 0.2) is 18.2 Å². The third-order valence-corrected chi connectivity index (χ3v) is 4.79. The number of nitrogens with one attached hydrogen (secondary N) is 1. The van der Waals surface area contributed by atoms with Crippen LogP contribution in [0.3, 0.4) is 0 Å². The summed E-state index contributed by atoms with van der Waals surface area (Å²) in [5, 5.41) is 12.0. The Balaban J connectivity index is 1.36. The van der Waals surface area contributed by atoms with Crippen LogP contribution in [0, 0.1) is 5.82 Å². The summed E-state index contributed by atoms with van der Waals surface area (Å²) in [6.45, 7) is 0.508. The molecule has 31 heavy (non-hydrogen) atoms. The lowest BCUT2D eigenvalue weighted by Gasteiger charge is -2.06.